The zero-order chi connectivity index (χ0) is 34.2. The Hall–Kier alpha value is -7.11. The smallest absolute Gasteiger partial charge is 0.227 e. The van der Waals surface area contributed by atoms with Gasteiger partial charge in [-0.05, 0) is 84.2 Å². The number of oxazole rings is 1. The third-order valence-electron chi connectivity index (χ3n) is 10.2. The van der Waals surface area contributed by atoms with E-state index in [-0.39, 0.29) is 0 Å². The van der Waals surface area contributed by atoms with Crippen molar-refractivity contribution in [2.24, 2.45) is 0 Å². The minimum absolute atomic E-state index is 0.600. The lowest BCUT2D eigenvalue weighted by atomic mass is 10.0. The van der Waals surface area contributed by atoms with Crippen molar-refractivity contribution in [1.29, 1.82) is 0 Å². The first kappa shape index (κ1) is 28.7. The third-order valence-corrected chi connectivity index (χ3v) is 10.2. The van der Waals surface area contributed by atoms with Gasteiger partial charge in [0.1, 0.15) is 16.7 Å². The van der Waals surface area contributed by atoms with E-state index in [1.165, 1.54) is 16.3 Å². The molecule has 0 spiro atoms. The van der Waals surface area contributed by atoms with Crippen LogP contribution in [-0.2, 0) is 0 Å². The molecular weight excluding hydrogens is 639 g/mol. The van der Waals surface area contributed by atoms with Crippen LogP contribution in [0.2, 0.25) is 0 Å². The number of fused-ring (bicyclic) bond motifs is 9. The van der Waals surface area contributed by atoms with Crippen molar-refractivity contribution in [3.8, 4) is 17.1 Å². The Labute approximate surface area is 298 Å². The van der Waals surface area contributed by atoms with Gasteiger partial charge in [-0.15, -0.1) is 0 Å². The van der Waals surface area contributed by atoms with Gasteiger partial charge in [-0.3, -0.25) is 0 Å². The number of benzene rings is 8. The van der Waals surface area contributed by atoms with Gasteiger partial charge in [-0.1, -0.05) is 91.0 Å². The number of hydrogen-bond donors (Lipinski definition) is 0. The Morgan fingerprint density at radius 3 is 2.06 bits per heavy atom. The van der Waals surface area contributed by atoms with E-state index in [2.05, 4.69) is 137 Å². The molecule has 244 valence electrons. The molecule has 0 amide bonds. The molecule has 0 fully saturated rings. The zero-order valence-electron chi connectivity index (χ0n) is 27.9. The number of anilines is 3. The van der Waals surface area contributed by atoms with Crippen LogP contribution >= 0.6 is 0 Å². The van der Waals surface area contributed by atoms with Gasteiger partial charge in [0.25, 0.3) is 0 Å². The first-order valence-corrected chi connectivity index (χ1v) is 17.5. The molecule has 0 bridgehead atoms. The lowest BCUT2D eigenvalue weighted by Gasteiger charge is -2.27. The van der Waals surface area contributed by atoms with Crippen molar-refractivity contribution >= 4 is 82.7 Å². The van der Waals surface area contributed by atoms with E-state index in [4.69, 9.17) is 13.8 Å². The number of hydrogen-bond acceptors (Lipinski definition) is 4. The van der Waals surface area contributed by atoms with E-state index >= 15 is 0 Å². The van der Waals surface area contributed by atoms with E-state index in [0.717, 1.165) is 77.6 Å². The number of para-hydroxylation sites is 3. The average Bonchev–Trinajstić information content (AvgIpc) is 3.90. The summed E-state index contributed by atoms with van der Waals surface area (Å²) in [5, 5.41) is 6.65. The summed E-state index contributed by atoms with van der Waals surface area (Å²) in [4.78, 5) is 7.47. The lowest BCUT2D eigenvalue weighted by Crippen LogP contribution is -2.10. The first-order valence-electron chi connectivity index (χ1n) is 17.5. The van der Waals surface area contributed by atoms with Crippen molar-refractivity contribution in [3.05, 3.63) is 176 Å². The molecule has 5 heteroatoms. The molecule has 8 aromatic carbocycles. The molecule has 52 heavy (non-hydrogen) atoms. The molecule has 11 rings (SSSR count). The first-order chi connectivity index (χ1) is 25.8. The summed E-state index contributed by atoms with van der Waals surface area (Å²) in [7, 11) is 0. The predicted molar refractivity (Wildman–Crippen MR) is 213 cm³/mol. The summed E-state index contributed by atoms with van der Waals surface area (Å²) >= 11 is 0. The maximum absolute atomic E-state index is 6.45. The van der Waals surface area contributed by atoms with Crippen LogP contribution in [0, 0.1) is 0 Å². The van der Waals surface area contributed by atoms with Crippen molar-refractivity contribution < 1.29 is 8.83 Å². The summed E-state index contributed by atoms with van der Waals surface area (Å²) < 4.78 is 15.2. The van der Waals surface area contributed by atoms with Crippen LogP contribution in [0.25, 0.3) is 82.8 Å². The van der Waals surface area contributed by atoms with Gasteiger partial charge in [0.2, 0.25) is 5.89 Å². The van der Waals surface area contributed by atoms with E-state index in [1.54, 1.807) is 0 Å². The number of rotatable bonds is 5. The van der Waals surface area contributed by atoms with Crippen LogP contribution < -0.4 is 4.90 Å². The van der Waals surface area contributed by atoms with Crippen molar-refractivity contribution in [1.82, 2.24) is 9.55 Å². The number of aromatic nitrogens is 2. The normalized spacial score (nSPS) is 11.8. The molecule has 0 radical (unpaired) electrons. The topological polar surface area (TPSA) is 47.3 Å². The van der Waals surface area contributed by atoms with Gasteiger partial charge in [-0.2, -0.15) is 0 Å². The van der Waals surface area contributed by atoms with Crippen LogP contribution in [0.1, 0.15) is 0 Å². The average molecular weight is 668 g/mol. The Bertz CT molecular complexity index is 3140. The SMILES string of the molecule is c1ccc(-c2nc3c(ccc4cccc(N(c5ccc6c(c5)oc5ccccc56)c5ccc6c(c5)c5ccccc5n6-c5ccccc5)c43)o2)cc1. The molecule has 3 heterocycles. The molecule has 0 aliphatic heterocycles. The second kappa shape index (κ2) is 11.2. The molecule has 0 atom stereocenters. The molecule has 11 aromatic rings. The van der Waals surface area contributed by atoms with E-state index in [0.29, 0.717) is 5.89 Å². The van der Waals surface area contributed by atoms with Crippen LogP contribution in [0.4, 0.5) is 17.1 Å². The fourth-order valence-electron chi connectivity index (χ4n) is 7.87. The Morgan fingerprint density at radius 1 is 0.462 bits per heavy atom. The van der Waals surface area contributed by atoms with E-state index in [9.17, 15) is 0 Å². The largest absolute Gasteiger partial charge is 0.456 e. The van der Waals surface area contributed by atoms with Gasteiger partial charge < -0.3 is 18.3 Å². The van der Waals surface area contributed by atoms with E-state index < -0.39 is 0 Å². The van der Waals surface area contributed by atoms with Gasteiger partial charge >= 0.3 is 0 Å². The van der Waals surface area contributed by atoms with Gasteiger partial charge in [0.15, 0.2) is 5.58 Å². The fourth-order valence-corrected chi connectivity index (χ4v) is 7.87. The highest BCUT2D eigenvalue weighted by molar-refractivity contribution is 6.15. The predicted octanol–water partition coefficient (Wildman–Crippen LogP) is 13.1. The fraction of sp³-hybridized carbons (Fsp3) is 0. The van der Waals surface area contributed by atoms with Crippen LogP contribution in [0.15, 0.2) is 185 Å². The summed E-state index contributed by atoms with van der Waals surface area (Å²) in [5.41, 5.74) is 10.7. The maximum atomic E-state index is 6.45. The summed E-state index contributed by atoms with van der Waals surface area (Å²) in [6, 6.07) is 61.4. The van der Waals surface area contributed by atoms with Crippen molar-refractivity contribution in [2.75, 3.05) is 4.90 Å². The van der Waals surface area contributed by atoms with Crippen molar-refractivity contribution in [3.63, 3.8) is 0 Å². The second-order valence-corrected chi connectivity index (χ2v) is 13.2. The molecule has 0 saturated heterocycles. The summed E-state index contributed by atoms with van der Waals surface area (Å²) in [6.45, 7) is 0. The van der Waals surface area contributed by atoms with E-state index in [1.807, 2.05) is 48.5 Å². The van der Waals surface area contributed by atoms with Gasteiger partial charge in [0, 0.05) is 55.6 Å². The summed E-state index contributed by atoms with van der Waals surface area (Å²) in [6.07, 6.45) is 0. The van der Waals surface area contributed by atoms with Crippen molar-refractivity contribution in [2.45, 2.75) is 0 Å². The number of furan rings is 1. The zero-order valence-corrected chi connectivity index (χ0v) is 27.9. The quantitative estimate of drug-likeness (QED) is 0.183. The van der Waals surface area contributed by atoms with Gasteiger partial charge in [-0.25, -0.2) is 4.98 Å². The highest BCUT2D eigenvalue weighted by Gasteiger charge is 2.22. The molecule has 0 N–H and O–H groups in total. The van der Waals surface area contributed by atoms with Gasteiger partial charge in [0.05, 0.1) is 16.7 Å². The van der Waals surface area contributed by atoms with Crippen LogP contribution in [0.3, 0.4) is 0 Å². The molecule has 0 unspecified atom stereocenters. The molecular formula is C47H29N3O2. The third kappa shape index (κ3) is 4.33. The molecule has 0 aliphatic rings. The minimum atomic E-state index is 0.600. The molecule has 3 aromatic heterocycles. The highest BCUT2D eigenvalue weighted by atomic mass is 16.3. The Morgan fingerprint density at radius 2 is 1.17 bits per heavy atom. The maximum Gasteiger partial charge on any atom is 0.227 e. The molecule has 0 aliphatic carbocycles. The van der Waals surface area contributed by atoms with Crippen LogP contribution in [-0.4, -0.2) is 9.55 Å². The molecule has 0 saturated carbocycles. The summed E-state index contributed by atoms with van der Waals surface area (Å²) in [5.74, 6) is 0.600. The Kier molecular flexibility index (Phi) is 6.18. The number of nitrogens with zero attached hydrogens (tertiary/aromatic N) is 3. The minimum Gasteiger partial charge on any atom is -0.456 e. The molecule has 5 nitrogen and oxygen atoms in total. The standard InChI is InChI=1S/C47H29N3O2/c1-3-12-31(13-4-1)47-48-46-43(52-47)27-22-30-14-11-20-41(45(30)46)49(34-23-25-37-36-18-8-10-21-42(36)51-44(37)29-34)33-24-26-40-38(28-33)35-17-7-9-19-39(35)50(40)32-15-5-2-6-16-32/h1-29H. The Balaban J connectivity index is 1.20. The monoisotopic (exact) mass is 667 g/mol. The van der Waals surface area contributed by atoms with Crippen LogP contribution in [0.5, 0.6) is 0 Å². The lowest BCUT2D eigenvalue weighted by molar-refractivity contribution is 0.620. The second-order valence-electron chi connectivity index (χ2n) is 13.2. The highest BCUT2D eigenvalue weighted by Crippen LogP contribution is 2.45.